The maximum Gasteiger partial charge on any atom is 0.313 e. The van der Waals surface area contributed by atoms with E-state index in [2.05, 4.69) is 0 Å². The highest BCUT2D eigenvalue weighted by molar-refractivity contribution is 8.03. The molecule has 4 nitrogen and oxygen atoms in total. The largest absolute Gasteiger partial charge is 0.481 e. The highest BCUT2D eigenvalue weighted by Gasteiger charge is 2.09. The SMILES string of the molecule is Cc1ccc(S(=O)(=O)/C=C/SCC(=O)O)cc1. The van der Waals surface area contributed by atoms with E-state index in [1.165, 1.54) is 17.5 Å². The second-order valence-electron chi connectivity index (χ2n) is 3.33. The van der Waals surface area contributed by atoms with Crippen LogP contribution < -0.4 is 0 Å². The Bertz CT molecular complexity index is 515. The molecule has 0 heterocycles. The summed E-state index contributed by atoms with van der Waals surface area (Å²) < 4.78 is 23.5. The number of rotatable bonds is 5. The third kappa shape index (κ3) is 4.62. The summed E-state index contributed by atoms with van der Waals surface area (Å²) in [5, 5.41) is 10.7. The zero-order valence-corrected chi connectivity index (χ0v) is 10.8. The lowest BCUT2D eigenvalue weighted by atomic mass is 10.2. The van der Waals surface area contributed by atoms with Gasteiger partial charge in [-0.2, -0.15) is 0 Å². The molecule has 1 rings (SSSR count). The van der Waals surface area contributed by atoms with Gasteiger partial charge >= 0.3 is 5.97 Å². The third-order valence-electron chi connectivity index (χ3n) is 1.89. The molecule has 0 aliphatic carbocycles. The maximum atomic E-state index is 11.7. The van der Waals surface area contributed by atoms with Crippen LogP contribution in [0.2, 0.25) is 0 Å². The highest BCUT2D eigenvalue weighted by atomic mass is 32.2. The van der Waals surface area contributed by atoms with E-state index in [0.29, 0.717) is 0 Å². The molecule has 17 heavy (non-hydrogen) atoms. The first-order valence-corrected chi connectivity index (χ1v) is 7.33. The molecule has 0 aliphatic heterocycles. The van der Waals surface area contributed by atoms with Crippen LogP contribution in [-0.2, 0) is 14.6 Å². The summed E-state index contributed by atoms with van der Waals surface area (Å²) in [4.78, 5) is 10.4. The normalized spacial score (nSPS) is 11.8. The van der Waals surface area contributed by atoms with Gasteiger partial charge in [0, 0.05) is 5.41 Å². The fourth-order valence-corrected chi connectivity index (χ4v) is 2.85. The number of carboxylic acids is 1. The van der Waals surface area contributed by atoms with Crippen LogP contribution in [0, 0.1) is 6.92 Å². The highest BCUT2D eigenvalue weighted by Crippen LogP contribution is 2.14. The van der Waals surface area contributed by atoms with Crippen molar-refractivity contribution in [2.24, 2.45) is 0 Å². The van der Waals surface area contributed by atoms with Crippen molar-refractivity contribution in [2.75, 3.05) is 5.75 Å². The number of carboxylic acid groups (broad SMARTS) is 1. The molecule has 0 aromatic heterocycles. The lowest BCUT2D eigenvalue weighted by molar-refractivity contribution is -0.133. The number of aryl methyl sites for hydroxylation is 1. The minimum absolute atomic E-state index is 0.153. The molecule has 0 amide bonds. The van der Waals surface area contributed by atoms with Gasteiger partial charge in [0.25, 0.3) is 0 Å². The van der Waals surface area contributed by atoms with Gasteiger partial charge in [0.15, 0.2) is 9.84 Å². The summed E-state index contributed by atoms with van der Waals surface area (Å²) in [7, 11) is -3.47. The predicted molar refractivity (Wildman–Crippen MR) is 67.6 cm³/mol. The Balaban J connectivity index is 2.75. The number of sulfone groups is 1. The summed E-state index contributed by atoms with van der Waals surface area (Å²) in [6, 6.07) is 6.48. The summed E-state index contributed by atoms with van der Waals surface area (Å²) in [5.41, 5.74) is 0.980. The van der Waals surface area contributed by atoms with Gasteiger partial charge in [-0.1, -0.05) is 17.7 Å². The molecule has 1 aromatic carbocycles. The number of thioether (sulfide) groups is 1. The van der Waals surface area contributed by atoms with Crippen LogP contribution >= 0.6 is 11.8 Å². The number of carbonyl (C=O) groups is 1. The van der Waals surface area contributed by atoms with E-state index >= 15 is 0 Å². The molecular formula is C11H12O4S2. The number of aliphatic carboxylic acids is 1. The van der Waals surface area contributed by atoms with Gasteiger partial charge in [-0.05, 0) is 24.5 Å². The van der Waals surface area contributed by atoms with Crippen LogP contribution in [0.15, 0.2) is 40.0 Å². The van der Waals surface area contributed by atoms with Crippen LogP contribution in [0.3, 0.4) is 0 Å². The smallest absolute Gasteiger partial charge is 0.313 e. The summed E-state index contributed by atoms with van der Waals surface area (Å²) in [5.74, 6) is -1.13. The van der Waals surface area contributed by atoms with E-state index in [4.69, 9.17) is 5.11 Å². The Morgan fingerprint density at radius 1 is 1.35 bits per heavy atom. The van der Waals surface area contributed by atoms with E-state index in [-0.39, 0.29) is 10.6 Å². The minimum atomic E-state index is -3.47. The molecule has 6 heteroatoms. The van der Waals surface area contributed by atoms with E-state index in [1.54, 1.807) is 12.1 Å². The maximum absolute atomic E-state index is 11.7. The minimum Gasteiger partial charge on any atom is -0.481 e. The monoisotopic (exact) mass is 272 g/mol. The van der Waals surface area contributed by atoms with Gasteiger partial charge in [0.05, 0.1) is 10.6 Å². The van der Waals surface area contributed by atoms with Gasteiger partial charge in [-0.25, -0.2) is 8.42 Å². The van der Waals surface area contributed by atoms with Crippen LogP contribution in [0.1, 0.15) is 5.56 Å². The lowest BCUT2D eigenvalue weighted by Gasteiger charge is -1.99. The molecule has 0 saturated carbocycles. The number of hydrogen-bond donors (Lipinski definition) is 1. The van der Waals surface area contributed by atoms with E-state index in [0.717, 1.165) is 22.7 Å². The summed E-state index contributed by atoms with van der Waals surface area (Å²) in [6.07, 6.45) is 0. The van der Waals surface area contributed by atoms with Crippen LogP contribution in [0.25, 0.3) is 0 Å². The van der Waals surface area contributed by atoms with Gasteiger partial charge in [-0.3, -0.25) is 4.79 Å². The van der Waals surface area contributed by atoms with Crippen molar-refractivity contribution in [1.82, 2.24) is 0 Å². The fraction of sp³-hybridized carbons (Fsp3) is 0.182. The molecular weight excluding hydrogens is 260 g/mol. The summed E-state index contributed by atoms with van der Waals surface area (Å²) in [6.45, 7) is 1.87. The molecule has 1 N–H and O–H groups in total. The zero-order valence-electron chi connectivity index (χ0n) is 9.16. The number of hydrogen-bond acceptors (Lipinski definition) is 4. The Labute approximate surface area is 104 Å². The third-order valence-corrected chi connectivity index (χ3v) is 4.23. The Kier molecular flexibility index (Phi) is 4.77. The van der Waals surface area contributed by atoms with Gasteiger partial charge < -0.3 is 5.11 Å². The fourth-order valence-electron chi connectivity index (χ4n) is 1.04. The first-order chi connectivity index (χ1) is 7.92. The quantitative estimate of drug-likeness (QED) is 0.888. The first kappa shape index (κ1) is 13.8. The van der Waals surface area contributed by atoms with Crippen molar-refractivity contribution in [3.8, 4) is 0 Å². The number of benzene rings is 1. The standard InChI is InChI=1S/C11H12O4S2/c1-9-2-4-10(5-3-9)17(14,15)7-6-16-8-11(12)13/h2-7H,8H2,1H3,(H,12,13)/b7-6+. The van der Waals surface area contributed by atoms with Crippen molar-refractivity contribution in [1.29, 1.82) is 0 Å². The van der Waals surface area contributed by atoms with E-state index in [1.807, 2.05) is 6.92 Å². The predicted octanol–water partition coefficient (Wildman–Crippen LogP) is 2.06. The first-order valence-electron chi connectivity index (χ1n) is 4.73. The molecule has 0 atom stereocenters. The van der Waals surface area contributed by atoms with Crippen LogP contribution in [-0.4, -0.2) is 25.2 Å². The average Bonchev–Trinajstić information content (AvgIpc) is 2.25. The zero-order chi connectivity index (χ0) is 12.9. The van der Waals surface area contributed by atoms with Crippen molar-refractivity contribution in [3.63, 3.8) is 0 Å². The Morgan fingerprint density at radius 2 is 1.94 bits per heavy atom. The van der Waals surface area contributed by atoms with Crippen LogP contribution in [0.4, 0.5) is 0 Å². The molecule has 92 valence electrons. The topological polar surface area (TPSA) is 71.4 Å². The van der Waals surface area contributed by atoms with E-state index < -0.39 is 15.8 Å². The molecule has 0 bridgehead atoms. The van der Waals surface area contributed by atoms with Crippen molar-refractivity contribution >= 4 is 27.6 Å². The molecule has 0 radical (unpaired) electrons. The molecule has 0 unspecified atom stereocenters. The second kappa shape index (κ2) is 5.88. The molecule has 1 aromatic rings. The van der Waals surface area contributed by atoms with Crippen molar-refractivity contribution < 1.29 is 18.3 Å². The lowest BCUT2D eigenvalue weighted by Crippen LogP contribution is -1.97. The summed E-state index contributed by atoms with van der Waals surface area (Å²) >= 11 is 0.927. The molecule has 0 aliphatic rings. The Morgan fingerprint density at radius 3 is 2.47 bits per heavy atom. The molecule has 0 saturated heterocycles. The Hall–Kier alpha value is -1.27. The van der Waals surface area contributed by atoms with Crippen molar-refractivity contribution in [3.05, 3.63) is 40.6 Å². The van der Waals surface area contributed by atoms with Gasteiger partial charge in [0.1, 0.15) is 0 Å². The van der Waals surface area contributed by atoms with Gasteiger partial charge in [0.2, 0.25) is 0 Å². The van der Waals surface area contributed by atoms with Gasteiger partial charge in [-0.15, -0.1) is 11.8 Å². The molecule has 0 spiro atoms. The van der Waals surface area contributed by atoms with E-state index in [9.17, 15) is 13.2 Å². The molecule has 0 fully saturated rings. The van der Waals surface area contributed by atoms with Crippen LogP contribution in [0.5, 0.6) is 0 Å². The van der Waals surface area contributed by atoms with Crippen molar-refractivity contribution in [2.45, 2.75) is 11.8 Å². The average molecular weight is 272 g/mol. The second-order valence-corrected chi connectivity index (χ2v) is 6.06.